The molecule has 2 rings (SSSR count). The Morgan fingerprint density at radius 2 is 1.88 bits per heavy atom. The summed E-state index contributed by atoms with van der Waals surface area (Å²) >= 11 is 3.44. The SMILES string of the molecule is Cc1cc(Br)cc2cc(C(=O)C(C)(C)C)oc12. The fourth-order valence-corrected chi connectivity index (χ4v) is 2.35. The van der Waals surface area contributed by atoms with Crippen LogP contribution in [0.5, 0.6) is 0 Å². The monoisotopic (exact) mass is 294 g/mol. The van der Waals surface area contributed by atoms with Crippen LogP contribution in [0.4, 0.5) is 0 Å². The Hall–Kier alpha value is -1.09. The zero-order valence-electron chi connectivity index (χ0n) is 10.4. The minimum Gasteiger partial charge on any atom is -0.453 e. The van der Waals surface area contributed by atoms with Crippen molar-refractivity contribution in [1.82, 2.24) is 0 Å². The molecule has 0 saturated heterocycles. The number of Topliss-reactive ketones (excluding diaryl/α,β-unsaturated/α-hetero) is 1. The van der Waals surface area contributed by atoms with Gasteiger partial charge in [-0.2, -0.15) is 0 Å². The van der Waals surface area contributed by atoms with Crippen molar-refractivity contribution in [2.24, 2.45) is 5.41 Å². The van der Waals surface area contributed by atoms with Crippen LogP contribution < -0.4 is 0 Å². The Morgan fingerprint density at radius 1 is 1.24 bits per heavy atom. The molecular weight excluding hydrogens is 280 g/mol. The summed E-state index contributed by atoms with van der Waals surface area (Å²) < 4.78 is 6.67. The van der Waals surface area contributed by atoms with Crippen LogP contribution in [-0.2, 0) is 0 Å². The van der Waals surface area contributed by atoms with E-state index < -0.39 is 5.41 Å². The molecule has 0 saturated carbocycles. The molecule has 1 aromatic carbocycles. The standard InChI is InChI=1S/C14H15BrO2/c1-8-5-10(15)6-9-7-11(17-12(8)9)13(16)14(2,3)4/h5-7H,1-4H3. The zero-order chi connectivity index (χ0) is 12.8. The maximum atomic E-state index is 12.1. The molecule has 90 valence electrons. The molecular formula is C14H15BrO2. The number of benzene rings is 1. The first-order valence-corrected chi connectivity index (χ1v) is 6.33. The lowest BCUT2D eigenvalue weighted by Crippen LogP contribution is -2.19. The number of carbonyl (C=O) groups is 1. The number of carbonyl (C=O) groups excluding carboxylic acids is 1. The lowest BCUT2D eigenvalue weighted by atomic mass is 9.89. The third kappa shape index (κ3) is 2.29. The molecule has 0 bridgehead atoms. The molecule has 0 aliphatic carbocycles. The van der Waals surface area contributed by atoms with E-state index >= 15 is 0 Å². The highest BCUT2D eigenvalue weighted by Crippen LogP contribution is 2.30. The number of ketones is 1. The van der Waals surface area contributed by atoms with Crippen LogP contribution in [0.1, 0.15) is 36.9 Å². The van der Waals surface area contributed by atoms with Crippen molar-refractivity contribution in [3.63, 3.8) is 0 Å². The first-order valence-electron chi connectivity index (χ1n) is 5.53. The molecule has 17 heavy (non-hydrogen) atoms. The van der Waals surface area contributed by atoms with E-state index in [9.17, 15) is 4.79 Å². The Balaban J connectivity index is 2.60. The van der Waals surface area contributed by atoms with Crippen molar-refractivity contribution < 1.29 is 9.21 Å². The summed E-state index contributed by atoms with van der Waals surface area (Å²) in [5, 5.41) is 0.962. The highest BCUT2D eigenvalue weighted by atomic mass is 79.9. The third-order valence-electron chi connectivity index (χ3n) is 2.67. The average molecular weight is 295 g/mol. The summed E-state index contributed by atoms with van der Waals surface area (Å²) in [5.41, 5.74) is 1.40. The summed E-state index contributed by atoms with van der Waals surface area (Å²) in [6.45, 7) is 7.66. The quantitative estimate of drug-likeness (QED) is 0.712. The number of fused-ring (bicyclic) bond motifs is 1. The van der Waals surface area contributed by atoms with Crippen LogP contribution in [0.3, 0.4) is 0 Å². The Labute approximate surface area is 109 Å². The van der Waals surface area contributed by atoms with E-state index in [-0.39, 0.29) is 5.78 Å². The topological polar surface area (TPSA) is 30.2 Å². The predicted octanol–water partition coefficient (Wildman–Crippen LogP) is 4.73. The maximum absolute atomic E-state index is 12.1. The van der Waals surface area contributed by atoms with Gasteiger partial charge in [-0.3, -0.25) is 4.79 Å². The van der Waals surface area contributed by atoms with Gasteiger partial charge >= 0.3 is 0 Å². The number of hydrogen-bond acceptors (Lipinski definition) is 2. The van der Waals surface area contributed by atoms with E-state index in [0.29, 0.717) is 5.76 Å². The Kier molecular flexibility index (Phi) is 2.90. The molecule has 0 radical (unpaired) electrons. The van der Waals surface area contributed by atoms with Gasteiger partial charge in [0.05, 0.1) is 0 Å². The molecule has 0 aliphatic rings. The number of aryl methyl sites for hydroxylation is 1. The molecule has 0 aliphatic heterocycles. The summed E-state index contributed by atoms with van der Waals surface area (Å²) in [6.07, 6.45) is 0. The second kappa shape index (κ2) is 3.98. The van der Waals surface area contributed by atoms with Gasteiger partial charge in [0, 0.05) is 15.3 Å². The summed E-state index contributed by atoms with van der Waals surface area (Å²) in [7, 11) is 0. The first-order chi connectivity index (χ1) is 7.79. The van der Waals surface area contributed by atoms with Crippen LogP contribution in [0.25, 0.3) is 11.0 Å². The van der Waals surface area contributed by atoms with Gasteiger partial charge in [0.2, 0.25) is 5.78 Å². The molecule has 2 aromatic rings. The molecule has 0 atom stereocenters. The van der Waals surface area contributed by atoms with Gasteiger partial charge in [0.25, 0.3) is 0 Å². The second-order valence-corrected chi connectivity index (χ2v) is 6.25. The van der Waals surface area contributed by atoms with Gasteiger partial charge in [-0.15, -0.1) is 0 Å². The van der Waals surface area contributed by atoms with Crippen LogP contribution in [0, 0.1) is 12.3 Å². The first kappa shape index (κ1) is 12.4. The minimum atomic E-state index is -0.418. The van der Waals surface area contributed by atoms with E-state index in [0.717, 1.165) is 21.0 Å². The molecule has 0 spiro atoms. The molecule has 2 nitrogen and oxygen atoms in total. The predicted molar refractivity (Wildman–Crippen MR) is 72.4 cm³/mol. The lowest BCUT2D eigenvalue weighted by Gasteiger charge is -2.13. The van der Waals surface area contributed by atoms with Gasteiger partial charge in [0.1, 0.15) is 5.58 Å². The van der Waals surface area contributed by atoms with E-state index in [2.05, 4.69) is 15.9 Å². The van der Waals surface area contributed by atoms with E-state index in [1.54, 1.807) is 0 Å². The van der Waals surface area contributed by atoms with Gasteiger partial charge in [-0.05, 0) is 30.7 Å². The van der Waals surface area contributed by atoms with Crippen molar-refractivity contribution in [1.29, 1.82) is 0 Å². The van der Waals surface area contributed by atoms with E-state index in [4.69, 9.17) is 4.42 Å². The Bertz CT molecular complexity index is 588. The van der Waals surface area contributed by atoms with Gasteiger partial charge in [0.15, 0.2) is 5.76 Å². The molecule has 0 fully saturated rings. The highest BCUT2D eigenvalue weighted by molar-refractivity contribution is 9.10. The van der Waals surface area contributed by atoms with Crippen LogP contribution in [0.2, 0.25) is 0 Å². The van der Waals surface area contributed by atoms with E-state index in [1.165, 1.54) is 0 Å². The molecule has 0 amide bonds. The third-order valence-corrected chi connectivity index (χ3v) is 3.13. The zero-order valence-corrected chi connectivity index (χ0v) is 12.0. The summed E-state index contributed by atoms with van der Waals surface area (Å²) in [4.78, 5) is 12.1. The highest BCUT2D eigenvalue weighted by Gasteiger charge is 2.26. The molecule has 3 heteroatoms. The van der Waals surface area contributed by atoms with Gasteiger partial charge in [-0.1, -0.05) is 36.7 Å². The molecule has 0 unspecified atom stereocenters. The van der Waals surface area contributed by atoms with Crippen molar-refractivity contribution in [3.05, 3.63) is 34.0 Å². The van der Waals surface area contributed by atoms with Crippen molar-refractivity contribution >= 4 is 32.7 Å². The maximum Gasteiger partial charge on any atom is 0.203 e. The average Bonchev–Trinajstić information content (AvgIpc) is 2.58. The lowest BCUT2D eigenvalue weighted by molar-refractivity contribution is 0.0831. The second-order valence-electron chi connectivity index (χ2n) is 5.33. The van der Waals surface area contributed by atoms with Gasteiger partial charge < -0.3 is 4.42 Å². The normalized spacial score (nSPS) is 12.1. The number of furan rings is 1. The van der Waals surface area contributed by atoms with Crippen LogP contribution in [-0.4, -0.2) is 5.78 Å². The fraction of sp³-hybridized carbons (Fsp3) is 0.357. The number of hydrogen-bond donors (Lipinski definition) is 0. The van der Waals surface area contributed by atoms with Crippen molar-refractivity contribution in [2.75, 3.05) is 0 Å². The summed E-state index contributed by atoms with van der Waals surface area (Å²) in [5.74, 6) is 0.470. The minimum absolute atomic E-state index is 0.0317. The summed E-state index contributed by atoms with van der Waals surface area (Å²) in [6, 6.07) is 5.77. The number of rotatable bonds is 1. The van der Waals surface area contributed by atoms with Crippen molar-refractivity contribution in [2.45, 2.75) is 27.7 Å². The van der Waals surface area contributed by atoms with E-state index in [1.807, 2.05) is 45.9 Å². The molecule has 0 N–H and O–H groups in total. The van der Waals surface area contributed by atoms with Crippen molar-refractivity contribution in [3.8, 4) is 0 Å². The molecule has 1 heterocycles. The fourth-order valence-electron chi connectivity index (χ4n) is 1.76. The number of halogens is 1. The molecule has 1 aromatic heterocycles. The van der Waals surface area contributed by atoms with Crippen LogP contribution >= 0.6 is 15.9 Å². The smallest absolute Gasteiger partial charge is 0.203 e. The Morgan fingerprint density at radius 3 is 2.47 bits per heavy atom. The van der Waals surface area contributed by atoms with Gasteiger partial charge in [-0.25, -0.2) is 0 Å². The largest absolute Gasteiger partial charge is 0.453 e. The van der Waals surface area contributed by atoms with Crippen LogP contribution in [0.15, 0.2) is 27.1 Å².